The van der Waals surface area contributed by atoms with Crippen molar-refractivity contribution in [3.05, 3.63) is 58.6 Å². The smallest absolute Gasteiger partial charge is 0.132 e. The van der Waals surface area contributed by atoms with Gasteiger partial charge < -0.3 is 10.5 Å². The van der Waals surface area contributed by atoms with Crippen molar-refractivity contribution >= 4 is 11.6 Å². The van der Waals surface area contributed by atoms with Crippen LogP contribution in [0.3, 0.4) is 0 Å². The van der Waals surface area contributed by atoms with Crippen molar-refractivity contribution in [1.82, 2.24) is 0 Å². The summed E-state index contributed by atoms with van der Waals surface area (Å²) < 4.78 is 6.04. The second-order valence-electron chi connectivity index (χ2n) is 6.14. The molecule has 112 valence electrons. The molecule has 0 unspecified atom stereocenters. The molecule has 0 aliphatic heterocycles. The zero-order valence-electron chi connectivity index (χ0n) is 12.8. The fraction of sp³-hybridized carbons (Fsp3) is 0.333. The van der Waals surface area contributed by atoms with Crippen LogP contribution in [0.1, 0.15) is 31.9 Å². The lowest BCUT2D eigenvalue weighted by molar-refractivity contribution is 0.472. The maximum Gasteiger partial charge on any atom is 0.132 e. The lowest BCUT2D eigenvalue weighted by atomic mass is 9.87. The first-order valence-corrected chi connectivity index (χ1v) is 7.55. The van der Waals surface area contributed by atoms with E-state index in [9.17, 15) is 0 Å². The summed E-state index contributed by atoms with van der Waals surface area (Å²) in [6, 6.07) is 13.9. The Bertz CT molecular complexity index is 617. The largest absolute Gasteiger partial charge is 0.457 e. The van der Waals surface area contributed by atoms with Crippen molar-refractivity contribution in [2.75, 3.05) is 6.54 Å². The zero-order valence-corrected chi connectivity index (χ0v) is 13.6. The molecule has 0 heterocycles. The van der Waals surface area contributed by atoms with Crippen LogP contribution in [0.25, 0.3) is 0 Å². The monoisotopic (exact) mass is 303 g/mol. The van der Waals surface area contributed by atoms with E-state index < -0.39 is 0 Å². The lowest BCUT2D eigenvalue weighted by Gasteiger charge is -2.20. The third-order valence-electron chi connectivity index (χ3n) is 3.40. The van der Waals surface area contributed by atoms with Crippen molar-refractivity contribution in [2.24, 2.45) is 5.73 Å². The summed E-state index contributed by atoms with van der Waals surface area (Å²) in [5.41, 5.74) is 7.95. The molecule has 2 aromatic carbocycles. The fourth-order valence-corrected chi connectivity index (χ4v) is 2.43. The van der Waals surface area contributed by atoms with Crippen LogP contribution < -0.4 is 10.5 Å². The van der Waals surface area contributed by atoms with E-state index in [0.717, 1.165) is 17.1 Å². The van der Waals surface area contributed by atoms with Gasteiger partial charge in [0.2, 0.25) is 0 Å². The van der Waals surface area contributed by atoms with E-state index in [4.69, 9.17) is 22.1 Å². The van der Waals surface area contributed by atoms with E-state index in [1.807, 2.05) is 30.3 Å². The summed E-state index contributed by atoms with van der Waals surface area (Å²) >= 11 is 6.24. The van der Waals surface area contributed by atoms with Crippen LogP contribution in [0.5, 0.6) is 11.5 Å². The van der Waals surface area contributed by atoms with E-state index in [2.05, 4.69) is 32.9 Å². The Labute approximate surface area is 131 Å². The molecule has 2 nitrogen and oxygen atoms in total. The van der Waals surface area contributed by atoms with Gasteiger partial charge in [0.15, 0.2) is 0 Å². The number of nitrogens with two attached hydrogens (primary N) is 1. The Morgan fingerprint density at radius 2 is 1.81 bits per heavy atom. The molecule has 0 saturated carbocycles. The van der Waals surface area contributed by atoms with Crippen LogP contribution >= 0.6 is 11.6 Å². The van der Waals surface area contributed by atoms with Gasteiger partial charge in [-0.1, -0.05) is 50.6 Å². The second-order valence-corrected chi connectivity index (χ2v) is 6.54. The Morgan fingerprint density at radius 1 is 1.10 bits per heavy atom. The predicted molar refractivity (Wildman–Crippen MR) is 89.4 cm³/mol. The van der Waals surface area contributed by atoms with E-state index in [-0.39, 0.29) is 5.41 Å². The van der Waals surface area contributed by atoms with Gasteiger partial charge in [0, 0.05) is 10.6 Å². The number of halogens is 1. The third-order valence-corrected chi connectivity index (χ3v) is 3.75. The molecule has 2 aromatic rings. The highest BCUT2D eigenvalue weighted by molar-refractivity contribution is 6.31. The zero-order chi connectivity index (χ0) is 15.5. The molecule has 2 N–H and O–H groups in total. The first-order chi connectivity index (χ1) is 9.91. The maximum absolute atomic E-state index is 6.24. The molecule has 0 fully saturated rings. The summed E-state index contributed by atoms with van der Waals surface area (Å²) in [5.74, 6) is 1.60. The predicted octanol–water partition coefficient (Wildman–Crippen LogP) is 4.93. The molecule has 0 aromatic heterocycles. The van der Waals surface area contributed by atoms with Gasteiger partial charge >= 0.3 is 0 Å². The van der Waals surface area contributed by atoms with Gasteiger partial charge in [-0.05, 0) is 48.2 Å². The molecule has 3 heteroatoms. The quantitative estimate of drug-likeness (QED) is 0.869. The molecule has 0 aliphatic rings. The molecule has 0 saturated heterocycles. The molecule has 21 heavy (non-hydrogen) atoms. The van der Waals surface area contributed by atoms with Gasteiger partial charge in [0.05, 0.1) is 0 Å². The summed E-state index contributed by atoms with van der Waals surface area (Å²) in [6.45, 7) is 7.10. The summed E-state index contributed by atoms with van der Waals surface area (Å²) in [7, 11) is 0. The van der Waals surface area contributed by atoms with Crippen LogP contribution in [0.15, 0.2) is 42.5 Å². The number of benzene rings is 2. The van der Waals surface area contributed by atoms with Crippen molar-refractivity contribution < 1.29 is 4.74 Å². The topological polar surface area (TPSA) is 35.2 Å². The third kappa shape index (κ3) is 3.99. The molecule has 0 radical (unpaired) electrons. The van der Waals surface area contributed by atoms with Crippen LogP contribution in [-0.4, -0.2) is 6.54 Å². The normalized spacial score (nSPS) is 11.5. The van der Waals surface area contributed by atoms with Gasteiger partial charge in [-0.2, -0.15) is 0 Å². The van der Waals surface area contributed by atoms with Crippen molar-refractivity contribution in [1.29, 1.82) is 0 Å². The summed E-state index contributed by atoms with van der Waals surface area (Å²) in [5, 5.41) is 0.699. The number of ether oxygens (including phenoxy) is 1. The molecule has 0 amide bonds. The number of rotatable bonds is 4. The summed E-state index contributed by atoms with van der Waals surface area (Å²) in [4.78, 5) is 0. The first kappa shape index (κ1) is 15.9. The van der Waals surface area contributed by atoms with E-state index >= 15 is 0 Å². The second kappa shape index (κ2) is 6.50. The number of hydrogen-bond donors (Lipinski definition) is 1. The molecule has 0 atom stereocenters. The van der Waals surface area contributed by atoms with Crippen molar-refractivity contribution in [3.63, 3.8) is 0 Å². The van der Waals surface area contributed by atoms with Gasteiger partial charge in [-0.25, -0.2) is 0 Å². The Hall–Kier alpha value is -1.51. The molecular weight excluding hydrogens is 282 g/mol. The Balaban J connectivity index is 2.33. The van der Waals surface area contributed by atoms with Crippen molar-refractivity contribution in [2.45, 2.75) is 32.6 Å². The lowest BCUT2D eigenvalue weighted by Crippen LogP contribution is -2.10. The molecule has 2 rings (SSSR count). The standard InChI is InChI=1S/C18H22ClNO/c1-18(2,3)13-6-4-7-14(12-13)21-17-9-5-8-16(19)15(17)10-11-20/h4-9,12H,10-11,20H2,1-3H3. The number of hydrogen-bond acceptors (Lipinski definition) is 2. The first-order valence-electron chi connectivity index (χ1n) is 7.17. The van der Waals surface area contributed by atoms with Crippen LogP contribution in [0.4, 0.5) is 0 Å². The highest BCUT2D eigenvalue weighted by Gasteiger charge is 2.15. The minimum Gasteiger partial charge on any atom is -0.457 e. The Morgan fingerprint density at radius 3 is 2.48 bits per heavy atom. The minimum absolute atomic E-state index is 0.0911. The maximum atomic E-state index is 6.24. The van der Waals surface area contributed by atoms with Gasteiger partial charge in [-0.3, -0.25) is 0 Å². The van der Waals surface area contributed by atoms with Crippen LogP contribution in [-0.2, 0) is 11.8 Å². The molecule has 0 bridgehead atoms. The molecular formula is C18H22ClNO. The average molecular weight is 304 g/mol. The highest BCUT2D eigenvalue weighted by atomic mass is 35.5. The minimum atomic E-state index is 0.0911. The van der Waals surface area contributed by atoms with Crippen LogP contribution in [0.2, 0.25) is 5.02 Å². The molecule has 0 spiro atoms. The van der Waals surface area contributed by atoms with E-state index in [0.29, 0.717) is 18.0 Å². The summed E-state index contributed by atoms with van der Waals surface area (Å²) in [6.07, 6.45) is 0.702. The highest BCUT2D eigenvalue weighted by Crippen LogP contribution is 2.32. The van der Waals surface area contributed by atoms with Crippen molar-refractivity contribution in [3.8, 4) is 11.5 Å². The SMILES string of the molecule is CC(C)(C)c1cccc(Oc2cccc(Cl)c2CCN)c1. The van der Waals surface area contributed by atoms with E-state index in [1.165, 1.54) is 5.56 Å². The van der Waals surface area contributed by atoms with Crippen LogP contribution in [0, 0.1) is 0 Å². The van der Waals surface area contributed by atoms with Gasteiger partial charge in [0.25, 0.3) is 0 Å². The van der Waals surface area contributed by atoms with E-state index in [1.54, 1.807) is 0 Å². The van der Waals surface area contributed by atoms with Gasteiger partial charge in [-0.15, -0.1) is 0 Å². The fourth-order valence-electron chi connectivity index (χ4n) is 2.17. The molecule has 0 aliphatic carbocycles. The Kier molecular flexibility index (Phi) is 4.92. The average Bonchev–Trinajstić information content (AvgIpc) is 2.42. The van der Waals surface area contributed by atoms with Gasteiger partial charge in [0.1, 0.15) is 11.5 Å².